The molecule has 2 aromatic rings. The van der Waals surface area contributed by atoms with Crippen LogP contribution in [0.5, 0.6) is 0 Å². The molecule has 0 aliphatic rings. The lowest BCUT2D eigenvalue weighted by Crippen LogP contribution is -1.94. The van der Waals surface area contributed by atoms with E-state index >= 15 is 0 Å². The van der Waals surface area contributed by atoms with Gasteiger partial charge in [0.25, 0.3) is 22.7 Å². The Morgan fingerprint density at radius 3 is 1.12 bits per heavy atom. The quantitative estimate of drug-likeness (QED) is 0.584. The number of rotatable bonds is 4. The van der Waals surface area contributed by atoms with Crippen LogP contribution < -0.4 is 0 Å². The zero-order chi connectivity index (χ0) is 20.0. The second-order valence-corrected chi connectivity index (χ2v) is 4.97. The summed E-state index contributed by atoms with van der Waals surface area (Å²) in [6, 6.07) is 7.10. The Bertz CT molecular complexity index is 823. The third-order valence-electron chi connectivity index (χ3n) is 3.20. The van der Waals surface area contributed by atoms with Crippen LogP contribution in [0.4, 0.5) is 22.7 Å². The number of benzene rings is 2. The normalized spacial score (nSPS) is 9.62. The van der Waals surface area contributed by atoms with Gasteiger partial charge in [0.15, 0.2) is 0 Å². The van der Waals surface area contributed by atoms with E-state index in [1.54, 1.807) is 0 Å². The van der Waals surface area contributed by atoms with E-state index in [4.69, 9.17) is 0 Å². The Morgan fingerprint density at radius 1 is 0.577 bits per heavy atom. The molecule has 0 radical (unpaired) electrons. The molecule has 0 spiro atoms. The van der Waals surface area contributed by atoms with Crippen LogP contribution in [0.25, 0.3) is 0 Å². The highest BCUT2D eigenvalue weighted by Crippen LogP contribution is 2.24. The van der Waals surface area contributed by atoms with E-state index in [2.05, 4.69) is 0 Å². The van der Waals surface area contributed by atoms with E-state index < -0.39 is 19.7 Å². The first-order valence-corrected chi connectivity index (χ1v) is 6.83. The van der Waals surface area contributed by atoms with E-state index in [0.717, 1.165) is 12.1 Å². The van der Waals surface area contributed by atoms with Crippen molar-refractivity contribution < 1.29 is 19.7 Å². The monoisotopic (exact) mass is 364 g/mol. The lowest BCUT2D eigenvalue weighted by molar-refractivity contribution is -0.394. The summed E-state index contributed by atoms with van der Waals surface area (Å²) in [6.45, 7) is 3.06. The maximum absolute atomic E-state index is 10.4. The molecule has 0 fully saturated rings. The SMILES string of the molecule is Cc1ccc([N+](=O)[O-])cc1[N+](=O)[O-].Cc1ccc([N+](=O)[O-])cc1[N+](=O)[O-]. The van der Waals surface area contributed by atoms with Crippen LogP contribution in [0, 0.1) is 54.3 Å². The van der Waals surface area contributed by atoms with Crippen molar-refractivity contribution in [2.24, 2.45) is 0 Å². The first kappa shape index (κ1) is 20.1. The third-order valence-corrected chi connectivity index (χ3v) is 3.20. The van der Waals surface area contributed by atoms with E-state index in [0.29, 0.717) is 11.1 Å². The van der Waals surface area contributed by atoms with Crippen molar-refractivity contribution in [3.8, 4) is 0 Å². The molecule has 26 heavy (non-hydrogen) atoms. The molecule has 0 N–H and O–H groups in total. The third kappa shape index (κ3) is 5.02. The number of hydrogen-bond donors (Lipinski definition) is 0. The average molecular weight is 364 g/mol. The van der Waals surface area contributed by atoms with Crippen LogP contribution in [0.2, 0.25) is 0 Å². The van der Waals surface area contributed by atoms with Gasteiger partial charge in [0.1, 0.15) is 0 Å². The van der Waals surface area contributed by atoms with Gasteiger partial charge in [-0.25, -0.2) is 0 Å². The van der Waals surface area contributed by atoms with Gasteiger partial charge in [-0.15, -0.1) is 0 Å². The Kier molecular flexibility index (Phi) is 6.36. The fraction of sp³-hybridized carbons (Fsp3) is 0.143. The van der Waals surface area contributed by atoms with Gasteiger partial charge in [-0.3, -0.25) is 40.5 Å². The van der Waals surface area contributed by atoms with Gasteiger partial charge in [-0.1, -0.05) is 0 Å². The average Bonchev–Trinajstić information content (AvgIpc) is 2.55. The first-order chi connectivity index (χ1) is 12.0. The number of nitrogens with zero attached hydrogens (tertiary/aromatic N) is 4. The van der Waals surface area contributed by atoms with Gasteiger partial charge < -0.3 is 0 Å². The summed E-state index contributed by atoms with van der Waals surface area (Å²) in [7, 11) is 0. The highest BCUT2D eigenvalue weighted by Gasteiger charge is 2.16. The molecule has 12 nitrogen and oxygen atoms in total. The van der Waals surface area contributed by atoms with Crippen LogP contribution in [0.3, 0.4) is 0 Å². The topological polar surface area (TPSA) is 173 Å². The summed E-state index contributed by atoms with van der Waals surface area (Å²) in [5, 5.41) is 41.3. The van der Waals surface area contributed by atoms with Crippen LogP contribution >= 0.6 is 0 Å². The van der Waals surface area contributed by atoms with E-state index in [1.807, 2.05) is 0 Å². The van der Waals surface area contributed by atoms with E-state index in [1.165, 1.54) is 38.1 Å². The summed E-state index contributed by atoms with van der Waals surface area (Å²) in [4.78, 5) is 38.7. The maximum atomic E-state index is 10.4. The van der Waals surface area contributed by atoms with Crippen molar-refractivity contribution in [1.29, 1.82) is 0 Å². The molecule has 0 aliphatic carbocycles. The van der Waals surface area contributed by atoms with Crippen molar-refractivity contribution in [2.45, 2.75) is 13.8 Å². The van der Waals surface area contributed by atoms with E-state index in [-0.39, 0.29) is 22.7 Å². The Hall–Kier alpha value is -3.96. The molecule has 0 saturated carbocycles. The van der Waals surface area contributed by atoms with Crippen molar-refractivity contribution in [2.75, 3.05) is 0 Å². The second-order valence-electron chi connectivity index (χ2n) is 4.97. The summed E-state index contributed by atoms with van der Waals surface area (Å²) >= 11 is 0. The standard InChI is InChI=1S/2C7H6N2O4/c2*1-5-2-3-6(8(10)11)4-7(5)9(12)13/h2*2-4H,1H3. The highest BCUT2D eigenvalue weighted by atomic mass is 16.6. The molecule has 0 unspecified atom stereocenters. The minimum atomic E-state index is -0.660. The number of non-ortho nitro benzene ring substituents is 2. The largest absolute Gasteiger partial charge is 0.279 e. The molecule has 0 saturated heterocycles. The molecule has 0 aromatic heterocycles. The maximum Gasteiger partial charge on any atom is 0.279 e. The van der Waals surface area contributed by atoms with Gasteiger partial charge in [0.2, 0.25) is 0 Å². The van der Waals surface area contributed by atoms with Crippen molar-refractivity contribution in [3.05, 3.63) is 88.0 Å². The first-order valence-electron chi connectivity index (χ1n) is 6.83. The van der Waals surface area contributed by atoms with Gasteiger partial charge in [0.05, 0.1) is 31.8 Å². The minimum Gasteiger partial charge on any atom is -0.258 e. The fourth-order valence-corrected chi connectivity index (χ4v) is 1.82. The summed E-state index contributed by atoms with van der Waals surface area (Å²) < 4.78 is 0. The van der Waals surface area contributed by atoms with Gasteiger partial charge >= 0.3 is 0 Å². The van der Waals surface area contributed by atoms with Crippen molar-refractivity contribution in [3.63, 3.8) is 0 Å². The van der Waals surface area contributed by atoms with Gasteiger partial charge in [-0.05, 0) is 26.0 Å². The number of nitro groups is 4. The predicted molar refractivity (Wildman–Crippen MR) is 89.0 cm³/mol. The molecular weight excluding hydrogens is 352 g/mol. The highest BCUT2D eigenvalue weighted by molar-refractivity contribution is 5.49. The molecule has 0 atom stereocenters. The predicted octanol–water partition coefficient (Wildman–Crippen LogP) is 3.62. The fourth-order valence-electron chi connectivity index (χ4n) is 1.82. The van der Waals surface area contributed by atoms with Crippen LogP contribution in [-0.2, 0) is 0 Å². The molecule has 0 aliphatic heterocycles. The Labute approximate surface area is 145 Å². The molecule has 2 aromatic carbocycles. The lowest BCUT2D eigenvalue weighted by atomic mass is 10.2. The second kappa shape index (κ2) is 8.23. The number of hydrogen-bond acceptors (Lipinski definition) is 8. The van der Waals surface area contributed by atoms with Crippen LogP contribution in [0.15, 0.2) is 36.4 Å². The lowest BCUT2D eigenvalue weighted by Gasteiger charge is -1.95. The molecule has 136 valence electrons. The Morgan fingerprint density at radius 2 is 0.885 bits per heavy atom. The number of nitro benzene ring substituents is 4. The van der Waals surface area contributed by atoms with E-state index in [9.17, 15) is 40.5 Å². The summed E-state index contributed by atoms with van der Waals surface area (Å²) in [5.74, 6) is 0. The molecular formula is C14H12N4O8. The summed E-state index contributed by atoms with van der Waals surface area (Å²) in [6.07, 6.45) is 0. The van der Waals surface area contributed by atoms with Gasteiger partial charge in [-0.2, -0.15) is 0 Å². The minimum absolute atomic E-state index is 0.228. The zero-order valence-electron chi connectivity index (χ0n) is 13.5. The molecule has 0 bridgehead atoms. The Balaban J connectivity index is 0.000000260. The molecule has 0 amide bonds. The van der Waals surface area contributed by atoms with Crippen LogP contribution in [-0.4, -0.2) is 19.7 Å². The number of aryl methyl sites for hydroxylation is 2. The smallest absolute Gasteiger partial charge is 0.258 e. The van der Waals surface area contributed by atoms with Crippen molar-refractivity contribution >= 4 is 22.7 Å². The molecule has 0 heterocycles. The van der Waals surface area contributed by atoms with Crippen LogP contribution in [0.1, 0.15) is 11.1 Å². The summed E-state index contributed by atoms with van der Waals surface area (Å²) in [5.41, 5.74) is -0.163. The zero-order valence-corrected chi connectivity index (χ0v) is 13.5. The van der Waals surface area contributed by atoms with Gasteiger partial charge in [0, 0.05) is 23.3 Å². The van der Waals surface area contributed by atoms with Crippen molar-refractivity contribution in [1.82, 2.24) is 0 Å². The molecule has 2 rings (SSSR count). The molecule has 12 heteroatoms.